The van der Waals surface area contributed by atoms with E-state index in [9.17, 15) is 22.8 Å². The van der Waals surface area contributed by atoms with Gasteiger partial charge in [-0.15, -0.1) is 0 Å². The number of rotatable bonds is 7. The van der Waals surface area contributed by atoms with Crippen LogP contribution in [-0.4, -0.2) is 45.5 Å². The van der Waals surface area contributed by atoms with Crippen LogP contribution in [0, 0.1) is 0 Å². The number of hydrogen-bond donors (Lipinski definition) is 3. The number of nitrogens with one attached hydrogen (secondary N) is 3. The Morgan fingerprint density at radius 1 is 1.09 bits per heavy atom. The predicted octanol–water partition coefficient (Wildman–Crippen LogP) is 1.84. The van der Waals surface area contributed by atoms with Gasteiger partial charge in [0.25, 0.3) is 10.0 Å². The molecule has 32 heavy (non-hydrogen) atoms. The zero-order chi connectivity index (χ0) is 23.3. The lowest BCUT2D eigenvalue weighted by atomic mass is 10.2. The van der Waals surface area contributed by atoms with E-state index in [1.165, 1.54) is 24.3 Å². The van der Waals surface area contributed by atoms with Crippen molar-refractivity contribution in [2.75, 3.05) is 23.4 Å². The van der Waals surface area contributed by atoms with Crippen molar-refractivity contribution in [2.45, 2.75) is 31.2 Å². The minimum atomic E-state index is -3.95. The third kappa shape index (κ3) is 5.76. The lowest BCUT2D eigenvalue weighted by molar-refractivity contribution is -0.118. The van der Waals surface area contributed by atoms with Gasteiger partial charge in [-0.2, -0.15) is 0 Å². The second-order valence-electron chi connectivity index (χ2n) is 7.12. The van der Waals surface area contributed by atoms with Gasteiger partial charge in [0.15, 0.2) is 0 Å². The minimum absolute atomic E-state index is 0.105. The summed E-state index contributed by atoms with van der Waals surface area (Å²) in [5, 5.41) is 5.35. The van der Waals surface area contributed by atoms with Gasteiger partial charge in [0.1, 0.15) is 5.75 Å². The number of sulfonamides is 1. The maximum atomic E-state index is 12.4. The Hall–Kier alpha value is -3.60. The van der Waals surface area contributed by atoms with E-state index in [4.69, 9.17) is 4.74 Å². The Bertz CT molecular complexity index is 1100. The van der Waals surface area contributed by atoms with Crippen molar-refractivity contribution in [3.8, 4) is 5.75 Å². The van der Waals surface area contributed by atoms with Crippen LogP contribution in [0.15, 0.2) is 53.4 Å². The second-order valence-corrected chi connectivity index (χ2v) is 8.80. The van der Waals surface area contributed by atoms with Crippen LogP contribution >= 0.6 is 0 Å². The molecule has 1 saturated heterocycles. The van der Waals surface area contributed by atoms with Crippen LogP contribution in [0.2, 0.25) is 0 Å². The van der Waals surface area contributed by atoms with Gasteiger partial charge < -0.3 is 20.3 Å². The molecular weight excluding hydrogens is 436 g/mol. The molecule has 0 unspecified atom stereocenters. The summed E-state index contributed by atoms with van der Waals surface area (Å²) in [4.78, 5) is 37.2. The highest BCUT2D eigenvalue weighted by atomic mass is 32.2. The van der Waals surface area contributed by atoms with E-state index in [1.54, 1.807) is 29.2 Å². The summed E-state index contributed by atoms with van der Waals surface area (Å²) < 4.78 is 31.2. The number of nitrogens with zero attached hydrogens (tertiary/aromatic N) is 1. The fourth-order valence-corrected chi connectivity index (χ4v) is 4.25. The first-order chi connectivity index (χ1) is 15.2. The quantitative estimate of drug-likeness (QED) is 0.577. The topological polar surface area (TPSA) is 134 Å². The van der Waals surface area contributed by atoms with Crippen molar-refractivity contribution in [3.05, 3.63) is 48.5 Å². The Morgan fingerprint density at radius 2 is 1.75 bits per heavy atom. The number of anilines is 2. The number of urea groups is 1. The van der Waals surface area contributed by atoms with E-state index >= 15 is 0 Å². The lowest BCUT2D eigenvalue weighted by Crippen LogP contribution is -2.39. The van der Waals surface area contributed by atoms with E-state index in [1.807, 2.05) is 11.6 Å². The predicted molar refractivity (Wildman–Crippen MR) is 118 cm³/mol. The smallest absolute Gasteiger partial charge is 0.319 e. The molecule has 1 aliphatic rings. The molecular formula is C21H24N4O6S. The van der Waals surface area contributed by atoms with Gasteiger partial charge in [0, 0.05) is 31.3 Å². The zero-order valence-electron chi connectivity index (χ0n) is 17.6. The lowest BCUT2D eigenvalue weighted by Gasteiger charge is -2.18. The number of benzene rings is 2. The molecule has 10 nitrogen and oxygen atoms in total. The maximum Gasteiger partial charge on any atom is 0.319 e. The van der Waals surface area contributed by atoms with Crippen LogP contribution in [0.4, 0.5) is 16.2 Å². The molecule has 1 aliphatic heterocycles. The average molecular weight is 461 g/mol. The van der Waals surface area contributed by atoms with Crippen LogP contribution in [0.5, 0.6) is 5.75 Å². The van der Waals surface area contributed by atoms with Crippen LogP contribution in [0.25, 0.3) is 0 Å². The monoisotopic (exact) mass is 460 g/mol. The van der Waals surface area contributed by atoms with Crippen LogP contribution in [0.1, 0.15) is 20.3 Å². The molecule has 0 aliphatic carbocycles. The average Bonchev–Trinajstić information content (AvgIpc) is 3.08. The maximum absolute atomic E-state index is 12.4. The largest absolute Gasteiger partial charge is 0.494 e. The molecule has 0 spiro atoms. The van der Waals surface area contributed by atoms with Crippen molar-refractivity contribution in [1.82, 2.24) is 10.0 Å². The Morgan fingerprint density at radius 3 is 2.34 bits per heavy atom. The number of carbonyl (C=O) groups is 3. The van der Waals surface area contributed by atoms with Gasteiger partial charge in [0.05, 0.1) is 17.5 Å². The Kier molecular flexibility index (Phi) is 6.98. The Balaban J connectivity index is 1.56. The van der Waals surface area contributed by atoms with Gasteiger partial charge in [0.2, 0.25) is 11.8 Å². The van der Waals surface area contributed by atoms with Gasteiger partial charge in [-0.3, -0.25) is 9.59 Å². The van der Waals surface area contributed by atoms with Crippen LogP contribution < -0.4 is 25.0 Å². The molecule has 0 radical (unpaired) electrons. The van der Waals surface area contributed by atoms with Crippen LogP contribution in [0.3, 0.4) is 0 Å². The highest BCUT2D eigenvalue weighted by molar-refractivity contribution is 7.90. The summed E-state index contributed by atoms with van der Waals surface area (Å²) >= 11 is 0. The SMILES string of the molecule is CCOc1ccc(N2C[C@H](NC(=O)Nc3ccc(S(=O)(=O)NC(C)=O)cc3)CC2=O)cc1. The normalized spacial score (nSPS) is 15.9. The molecule has 0 bridgehead atoms. The van der Waals surface area contributed by atoms with Crippen molar-refractivity contribution >= 4 is 39.2 Å². The van der Waals surface area contributed by atoms with Gasteiger partial charge >= 0.3 is 6.03 Å². The van der Waals surface area contributed by atoms with E-state index in [-0.39, 0.29) is 23.3 Å². The van der Waals surface area contributed by atoms with Crippen molar-refractivity contribution in [1.29, 1.82) is 0 Å². The molecule has 11 heteroatoms. The number of amides is 4. The molecule has 3 N–H and O–H groups in total. The highest BCUT2D eigenvalue weighted by Gasteiger charge is 2.31. The Labute approximate surface area is 186 Å². The second kappa shape index (κ2) is 9.69. The number of carbonyl (C=O) groups excluding carboxylic acids is 3. The molecule has 0 saturated carbocycles. The van der Waals surface area contributed by atoms with E-state index in [2.05, 4.69) is 10.6 Å². The molecule has 2 aromatic carbocycles. The first-order valence-electron chi connectivity index (χ1n) is 9.92. The van der Waals surface area contributed by atoms with Gasteiger partial charge in [-0.05, 0) is 55.5 Å². The van der Waals surface area contributed by atoms with Gasteiger partial charge in [-0.25, -0.2) is 17.9 Å². The summed E-state index contributed by atoms with van der Waals surface area (Å²) in [6.45, 7) is 3.87. The third-order valence-electron chi connectivity index (χ3n) is 4.62. The molecule has 1 fully saturated rings. The standard InChI is InChI=1S/C21H24N4O6S/c1-3-31-18-8-6-17(7-9-18)25-13-16(12-20(25)27)23-21(28)22-15-4-10-19(11-5-15)32(29,30)24-14(2)26/h4-11,16H,3,12-13H2,1-2H3,(H,24,26)(H2,22,23,28)/t16-/m1/s1. The fraction of sp³-hybridized carbons (Fsp3) is 0.286. The van der Waals surface area contributed by atoms with E-state index in [0.717, 1.165) is 12.6 Å². The molecule has 1 atom stereocenters. The summed E-state index contributed by atoms with van der Waals surface area (Å²) in [6.07, 6.45) is 0.161. The van der Waals surface area contributed by atoms with Gasteiger partial charge in [-0.1, -0.05) is 0 Å². The molecule has 2 aromatic rings. The van der Waals surface area contributed by atoms with E-state index < -0.39 is 22.0 Å². The highest BCUT2D eigenvalue weighted by Crippen LogP contribution is 2.24. The van der Waals surface area contributed by atoms with Crippen LogP contribution in [-0.2, 0) is 19.6 Å². The molecule has 0 aromatic heterocycles. The molecule has 4 amide bonds. The summed E-state index contributed by atoms with van der Waals surface area (Å²) in [5.74, 6) is -0.0863. The minimum Gasteiger partial charge on any atom is -0.494 e. The first-order valence-corrected chi connectivity index (χ1v) is 11.4. The fourth-order valence-electron chi connectivity index (χ4n) is 3.26. The van der Waals surface area contributed by atoms with Crippen molar-refractivity contribution in [3.63, 3.8) is 0 Å². The van der Waals surface area contributed by atoms with Crippen molar-refractivity contribution < 1.29 is 27.5 Å². The first kappa shape index (κ1) is 23.1. The molecule has 1 heterocycles. The number of ether oxygens (including phenoxy) is 1. The molecule has 3 rings (SSSR count). The summed E-state index contributed by atoms with van der Waals surface area (Å²) in [7, 11) is -3.95. The van der Waals surface area contributed by atoms with E-state index in [0.29, 0.717) is 24.6 Å². The third-order valence-corrected chi connectivity index (χ3v) is 6.07. The summed E-state index contributed by atoms with van der Waals surface area (Å²) in [5.41, 5.74) is 1.08. The number of hydrogen-bond acceptors (Lipinski definition) is 6. The molecule has 170 valence electrons. The van der Waals surface area contributed by atoms with Crippen molar-refractivity contribution in [2.24, 2.45) is 0 Å². The summed E-state index contributed by atoms with van der Waals surface area (Å²) in [6, 6.07) is 11.6. The zero-order valence-corrected chi connectivity index (χ0v) is 18.4.